The average molecular weight is 342 g/mol. The van der Waals surface area contributed by atoms with Crippen molar-refractivity contribution in [3.63, 3.8) is 0 Å². The molecule has 0 aromatic heterocycles. The van der Waals surface area contributed by atoms with Crippen molar-refractivity contribution in [3.8, 4) is 5.75 Å². The molecule has 1 amide bonds. The Morgan fingerprint density at radius 2 is 2.22 bits per heavy atom. The van der Waals surface area contributed by atoms with E-state index in [0.29, 0.717) is 23.8 Å². The van der Waals surface area contributed by atoms with Crippen LogP contribution in [0.5, 0.6) is 5.75 Å². The van der Waals surface area contributed by atoms with E-state index < -0.39 is 18.1 Å². The standard InChI is InChI=1S/C16H20ClNO5/c1-21-13-6-5-10(8-11(13)17)9-12(16(20)22-2)18-15(19)14-4-3-7-23-14/h5-6,8,12,14H,3-4,7,9H2,1-2H3,(H,18,19)/t12-,14+/m0/s1. The summed E-state index contributed by atoms with van der Waals surface area (Å²) in [6.07, 6.45) is 1.28. The predicted molar refractivity (Wildman–Crippen MR) is 84.6 cm³/mol. The Balaban J connectivity index is 2.07. The fourth-order valence-electron chi connectivity index (χ4n) is 2.46. The van der Waals surface area contributed by atoms with Gasteiger partial charge in [0, 0.05) is 13.0 Å². The van der Waals surface area contributed by atoms with E-state index in [1.54, 1.807) is 18.2 Å². The zero-order valence-electron chi connectivity index (χ0n) is 13.1. The van der Waals surface area contributed by atoms with Crippen LogP contribution in [0.4, 0.5) is 0 Å². The van der Waals surface area contributed by atoms with E-state index in [-0.39, 0.29) is 12.3 Å². The number of amides is 1. The second-order valence-corrected chi connectivity index (χ2v) is 5.67. The molecule has 2 atom stereocenters. The van der Waals surface area contributed by atoms with Gasteiger partial charge in [0.25, 0.3) is 0 Å². The van der Waals surface area contributed by atoms with Crippen molar-refractivity contribution in [2.24, 2.45) is 0 Å². The molecule has 1 fully saturated rings. The molecule has 0 radical (unpaired) electrons. The normalized spacial score (nSPS) is 18.3. The van der Waals surface area contributed by atoms with Gasteiger partial charge in [-0.25, -0.2) is 4.79 Å². The molecule has 0 unspecified atom stereocenters. The SMILES string of the molecule is COC(=O)[C@H](Cc1ccc(OC)c(Cl)c1)NC(=O)[C@H]1CCCO1. The van der Waals surface area contributed by atoms with E-state index in [1.807, 2.05) is 0 Å². The number of hydrogen-bond acceptors (Lipinski definition) is 5. The molecule has 1 saturated heterocycles. The highest BCUT2D eigenvalue weighted by molar-refractivity contribution is 6.32. The van der Waals surface area contributed by atoms with Gasteiger partial charge in [-0.1, -0.05) is 17.7 Å². The first-order valence-electron chi connectivity index (χ1n) is 7.37. The molecule has 1 heterocycles. The van der Waals surface area contributed by atoms with E-state index in [4.69, 9.17) is 25.8 Å². The lowest BCUT2D eigenvalue weighted by atomic mass is 10.1. The molecular weight excluding hydrogens is 322 g/mol. The van der Waals surface area contributed by atoms with Crippen LogP contribution in [-0.2, 0) is 25.5 Å². The largest absolute Gasteiger partial charge is 0.495 e. The number of ether oxygens (including phenoxy) is 3. The fraction of sp³-hybridized carbons (Fsp3) is 0.500. The first kappa shape index (κ1) is 17.6. The highest BCUT2D eigenvalue weighted by atomic mass is 35.5. The highest BCUT2D eigenvalue weighted by Gasteiger charge is 2.29. The van der Waals surface area contributed by atoms with Crippen molar-refractivity contribution in [3.05, 3.63) is 28.8 Å². The van der Waals surface area contributed by atoms with Crippen LogP contribution < -0.4 is 10.1 Å². The summed E-state index contributed by atoms with van der Waals surface area (Å²) in [5, 5.41) is 3.14. The number of esters is 1. The number of methoxy groups -OCH3 is 2. The summed E-state index contributed by atoms with van der Waals surface area (Å²) >= 11 is 6.09. The molecule has 2 rings (SSSR count). The number of nitrogens with one attached hydrogen (secondary N) is 1. The Kier molecular flexibility index (Phi) is 6.24. The second kappa shape index (κ2) is 8.17. The molecule has 0 spiro atoms. The fourth-order valence-corrected chi connectivity index (χ4v) is 2.74. The number of carbonyl (C=O) groups is 2. The summed E-state index contributed by atoms with van der Waals surface area (Å²) < 4.78 is 15.2. The van der Waals surface area contributed by atoms with Crippen LogP contribution in [0.15, 0.2) is 18.2 Å². The zero-order chi connectivity index (χ0) is 16.8. The van der Waals surface area contributed by atoms with E-state index in [0.717, 1.165) is 12.0 Å². The third-order valence-corrected chi connectivity index (χ3v) is 3.98. The molecule has 7 heteroatoms. The van der Waals surface area contributed by atoms with Crippen LogP contribution in [0.1, 0.15) is 18.4 Å². The molecule has 0 aliphatic carbocycles. The molecule has 1 aromatic rings. The lowest BCUT2D eigenvalue weighted by Crippen LogP contribution is -2.47. The molecular formula is C16H20ClNO5. The third-order valence-electron chi connectivity index (χ3n) is 3.68. The van der Waals surface area contributed by atoms with Crippen LogP contribution in [0.25, 0.3) is 0 Å². The first-order valence-corrected chi connectivity index (χ1v) is 7.75. The minimum atomic E-state index is -0.791. The number of halogens is 1. The van der Waals surface area contributed by atoms with Crippen LogP contribution in [0, 0.1) is 0 Å². The Morgan fingerprint density at radius 3 is 2.78 bits per heavy atom. The minimum Gasteiger partial charge on any atom is -0.495 e. The maximum atomic E-state index is 12.1. The average Bonchev–Trinajstić information content (AvgIpc) is 3.08. The van der Waals surface area contributed by atoms with Gasteiger partial charge in [0.2, 0.25) is 5.91 Å². The Hall–Kier alpha value is -1.79. The van der Waals surface area contributed by atoms with E-state index in [9.17, 15) is 9.59 Å². The zero-order valence-corrected chi connectivity index (χ0v) is 13.9. The van der Waals surface area contributed by atoms with Gasteiger partial charge in [-0.15, -0.1) is 0 Å². The maximum absolute atomic E-state index is 12.1. The molecule has 1 N–H and O–H groups in total. The van der Waals surface area contributed by atoms with Gasteiger partial charge in [0.15, 0.2) is 0 Å². The Labute approximate surface area is 140 Å². The van der Waals surface area contributed by atoms with Gasteiger partial charge >= 0.3 is 5.97 Å². The van der Waals surface area contributed by atoms with Gasteiger partial charge in [0.1, 0.15) is 17.9 Å². The molecule has 126 valence electrons. The molecule has 23 heavy (non-hydrogen) atoms. The topological polar surface area (TPSA) is 73.9 Å². The number of rotatable bonds is 6. The van der Waals surface area contributed by atoms with Crippen molar-refractivity contribution in [1.82, 2.24) is 5.32 Å². The van der Waals surface area contributed by atoms with Crippen molar-refractivity contribution in [2.45, 2.75) is 31.4 Å². The number of carbonyl (C=O) groups excluding carboxylic acids is 2. The van der Waals surface area contributed by atoms with E-state index in [1.165, 1.54) is 14.2 Å². The maximum Gasteiger partial charge on any atom is 0.328 e. The van der Waals surface area contributed by atoms with Crippen LogP contribution >= 0.6 is 11.6 Å². The van der Waals surface area contributed by atoms with Gasteiger partial charge in [-0.3, -0.25) is 4.79 Å². The Bertz CT molecular complexity index is 572. The number of hydrogen-bond donors (Lipinski definition) is 1. The molecule has 0 bridgehead atoms. The van der Waals surface area contributed by atoms with Crippen molar-refractivity contribution in [1.29, 1.82) is 0 Å². The molecule has 1 aromatic carbocycles. The number of benzene rings is 1. The van der Waals surface area contributed by atoms with Crippen molar-refractivity contribution in [2.75, 3.05) is 20.8 Å². The summed E-state index contributed by atoms with van der Waals surface area (Å²) in [6.45, 7) is 0.565. The van der Waals surface area contributed by atoms with E-state index >= 15 is 0 Å². The van der Waals surface area contributed by atoms with Crippen LogP contribution in [0.3, 0.4) is 0 Å². The monoisotopic (exact) mass is 341 g/mol. The predicted octanol–water partition coefficient (Wildman–Crippen LogP) is 1.73. The second-order valence-electron chi connectivity index (χ2n) is 5.26. The third kappa shape index (κ3) is 4.59. The highest BCUT2D eigenvalue weighted by Crippen LogP contribution is 2.25. The van der Waals surface area contributed by atoms with Gasteiger partial charge in [0.05, 0.1) is 19.2 Å². The summed E-state index contributed by atoms with van der Waals surface area (Å²) in [5.74, 6) is -0.255. The van der Waals surface area contributed by atoms with Crippen LogP contribution in [-0.4, -0.2) is 44.8 Å². The van der Waals surface area contributed by atoms with Gasteiger partial charge in [-0.05, 0) is 30.5 Å². The molecule has 1 aliphatic heterocycles. The minimum absolute atomic E-state index is 0.273. The lowest BCUT2D eigenvalue weighted by molar-refractivity contribution is -0.146. The summed E-state index contributed by atoms with van der Waals surface area (Å²) in [4.78, 5) is 24.1. The summed E-state index contributed by atoms with van der Waals surface area (Å²) in [7, 11) is 2.81. The van der Waals surface area contributed by atoms with Crippen molar-refractivity contribution < 1.29 is 23.8 Å². The van der Waals surface area contributed by atoms with Crippen molar-refractivity contribution >= 4 is 23.5 Å². The first-order chi connectivity index (χ1) is 11.0. The van der Waals surface area contributed by atoms with Gasteiger partial charge < -0.3 is 19.5 Å². The molecule has 0 saturated carbocycles. The lowest BCUT2D eigenvalue weighted by Gasteiger charge is -2.19. The summed E-state index contributed by atoms with van der Waals surface area (Å²) in [5.41, 5.74) is 0.791. The Morgan fingerprint density at radius 1 is 1.43 bits per heavy atom. The smallest absolute Gasteiger partial charge is 0.328 e. The summed E-state index contributed by atoms with van der Waals surface area (Å²) in [6, 6.07) is 4.42. The van der Waals surface area contributed by atoms with E-state index in [2.05, 4.69) is 5.32 Å². The molecule has 6 nitrogen and oxygen atoms in total. The molecule has 1 aliphatic rings. The van der Waals surface area contributed by atoms with Gasteiger partial charge in [-0.2, -0.15) is 0 Å². The van der Waals surface area contributed by atoms with Crippen LogP contribution in [0.2, 0.25) is 5.02 Å². The quantitative estimate of drug-likeness (QED) is 0.798.